The van der Waals surface area contributed by atoms with Gasteiger partial charge in [0.1, 0.15) is 0 Å². The Bertz CT molecular complexity index is 618. The minimum atomic E-state index is -3.69. The highest BCUT2D eigenvalue weighted by Crippen LogP contribution is 2.10. The first-order valence-electron chi connectivity index (χ1n) is 6.04. The van der Waals surface area contributed by atoms with Gasteiger partial charge in [0.2, 0.25) is 10.0 Å². The van der Waals surface area contributed by atoms with Gasteiger partial charge in [0.15, 0.2) is 5.96 Å². The number of primary sulfonamides is 1. The molecule has 7 heteroatoms. The standard InChI is InChI=1S/C13H18N4O2S/c1-3-8-16-13(15-4-2)17-10-11-6-5-7-12(9-11)20(14,18)19/h1,5-7,9H,4,8,10H2,2H3,(H2,14,18,19)(H2,15,16,17). The van der Waals surface area contributed by atoms with E-state index in [4.69, 9.17) is 11.6 Å². The lowest BCUT2D eigenvalue weighted by atomic mass is 10.2. The summed E-state index contributed by atoms with van der Waals surface area (Å²) < 4.78 is 22.5. The van der Waals surface area contributed by atoms with Crippen LogP contribution in [0.25, 0.3) is 0 Å². The topological polar surface area (TPSA) is 96.6 Å². The monoisotopic (exact) mass is 294 g/mol. The third-order valence-corrected chi connectivity index (χ3v) is 3.26. The number of rotatable bonds is 5. The first-order valence-corrected chi connectivity index (χ1v) is 7.59. The van der Waals surface area contributed by atoms with Crippen molar-refractivity contribution in [3.63, 3.8) is 0 Å². The van der Waals surface area contributed by atoms with Crippen LogP contribution < -0.4 is 15.8 Å². The number of sulfonamides is 1. The molecule has 0 amide bonds. The Hall–Kier alpha value is -2.04. The van der Waals surface area contributed by atoms with Gasteiger partial charge in [0.05, 0.1) is 18.0 Å². The van der Waals surface area contributed by atoms with Gasteiger partial charge in [-0.25, -0.2) is 18.5 Å². The summed E-state index contributed by atoms with van der Waals surface area (Å²) in [4.78, 5) is 4.38. The summed E-state index contributed by atoms with van der Waals surface area (Å²) in [5.41, 5.74) is 0.745. The second-order valence-corrected chi connectivity index (χ2v) is 5.51. The first kappa shape index (κ1) is 16.0. The van der Waals surface area contributed by atoms with E-state index in [9.17, 15) is 8.42 Å². The fraction of sp³-hybridized carbons (Fsp3) is 0.308. The molecule has 0 aliphatic heterocycles. The van der Waals surface area contributed by atoms with Crippen molar-refractivity contribution < 1.29 is 8.42 Å². The van der Waals surface area contributed by atoms with Gasteiger partial charge < -0.3 is 10.6 Å². The third kappa shape index (κ3) is 5.30. The first-order chi connectivity index (χ1) is 9.47. The summed E-state index contributed by atoms with van der Waals surface area (Å²) in [6.45, 7) is 3.33. The molecule has 0 aliphatic rings. The zero-order valence-corrected chi connectivity index (χ0v) is 12.1. The minimum Gasteiger partial charge on any atom is -0.357 e. The van der Waals surface area contributed by atoms with Crippen LogP contribution in [-0.2, 0) is 16.6 Å². The lowest BCUT2D eigenvalue weighted by Crippen LogP contribution is -2.37. The molecule has 0 atom stereocenters. The van der Waals surface area contributed by atoms with Gasteiger partial charge in [-0.05, 0) is 24.6 Å². The smallest absolute Gasteiger partial charge is 0.238 e. The van der Waals surface area contributed by atoms with E-state index in [0.717, 1.165) is 5.56 Å². The number of aliphatic imine (C=N–C) groups is 1. The Morgan fingerprint density at radius 1 is 1.45 bits per heavy atom. The third-order valence-electron chi connectivity index (χ3n) is 2.35. The zero-order chi connectivity index (χ0) is 15.0. The van der Waals surface area contributed by atoms with Crippen LogP contribution >= 0.6 is 0 Å². The molecule has 0 aliphatic carbocycles. The molecule has 0 heterocycles. The second-order valence-electron chi connectivity index (χ2n) is 3.95. The lowest BCUT2D eigenvalue weighted by molar-refractivity contribution is 0.597. The molecular weight excluding hydrogens is 276 g/mol. The number of hydrogen-bond acceptors (Lipinski definition) is 3. The summed E-state index contributed by atoms with van der Waals surface area (Å²) in [7, 11) is -3.69. The number of benzene rings is 1. The Balaban J connectivity index is 2.84. The number of nitrogens with zero attached hydrogens (tertiary/aromatic N) is 1. The van der Waals surface area contributed by atoms with Crippen LogP contribution in [0.4, 0.5) is 0 Å². The normalized spacial score (nSPS) is 11.8. The van der Waals surface area contributed by atoms with Crippen molar-refractivity contribution in [3.05, 3.63) is 29.8 Å². The van der Waals surface area contributed by atoms with E-state index in [1.54, 1.807) is 12.1 Å². The maximum Gasteiger partial charge on any atom is 0.238 e. The summed E-state index contributed by atoms with van der Waals surface area (Å²) >= 11 is 0. The van der Waals surface area contributed by atoms with Crippen LogP contribution in [0.1, 0.15) is 12.5 Å². The highest BCUT2D eigenvalue weighted by Gasteiger charge is 2.07. The molecule has 0 unspecified atom stereocenters. The molecule has 4 N–H and O–H groups in total. The number of nitrogens with one attached hydrogen (secondary N) is 2. The second kappa shape index (κ2) is 7.53. The summed E-state index contributed by atoms with van der Waals surface area (Å²) in [6, 6.07) is 6.36. The largest absolute Gasteiger partial charge is 0.357 e. The fourth-order valence-corrected chi connectivity index (χ4v) is 2.05. The predicted molar refractivity (Wildman–Crippen MR) is 79.5 cm³/mol. The van der Waals surface area contributed by atoms with Crippen molar-refractivity contribution in [3.8, 4) is 12.3 Å². The van der Waals surface area contributed by atoms with Gasteiger partial charge in [-0.3, -0.25) is 0 Å². The van der Waals surface area contributed by atoms with Gasteiger partial charge in [0.25, 0.3) is 0 Å². The molecular formula is C13H18N4O2S. The van der Waals surface area contributed by atoms with E-state index in [1.807, 2.05) is 6.92 Å². The van der Waals surface area contributed by atoms with Crippen LogP contribution in [-0.4, -0.2) is 27.5 Å². The average molecular weight is 294 g/mol. The molecule has 0 spiro atoms. The van der Waals surface area contributed by atoms with Gasteiger partial charge in [-0.1, -0.05) is 18.1 Å². The quantitative estimate of drug-likeness (QED) is 0.405. The van der Waals surface area contributed by atoms with Crippen LogP contribution in [0.5, 0.6) is 0 Å². The van der Waals surface area contributed by atoms with Crippen LogP contribution in [0.15, 0.2) is 34.2 Å². The zero-order valence-electron chi connectivity index (χ0n) is 11.3. The molecule has 1 aromatic rings. The molecule has 1 aromatic carbocycles. The molecule has 6 nitrogen and oxygen atoms in total. The Morgan fingerprint density at radius 2 is 2.20 bits per heavy atom. The van der Waals surface area contributed by atoms with E-state index >= 15 is 0 Å². The van der Waals surface area contributed by atoms with Crippen LogP contribution in [0.2, 0.25) is 0 Å². The van der Waals surface area contributed by atoms with E-state index < -0.39 is 10.0 Å². The van der Waals surface area contributed by atoms with Crippen molar-refractivity contribution in [2.24, 2.45) is 10.1 Å². The van der Waals surface area contributed by atoms with E-state index in [1.165, 1.54) is 12.1 Å². The van der Waals surface area contributed by atoms with E-state index in [2.05, 4.69) is 21.5 Å². The fourth-order valence-electron chi connectivity index (χ4n) is 1.47. The van der Waals surface area contributed by atoms with Crippen LogP contribution in [0.3, 0.4) is 0 Å². The van der Waals surface area contributed by atoms with E-state index in [-0.39, 0.29) is 4.90 Å². The molecule has 1 rings (SSSR count). The van der Waals surface area contributed by atoms with Gasteiger partial charge >= 0.3 is 0 Å². The molecule has 0 fully saturated rings. The Morgan fingerprint density at radius 3 is 2.80 bits per heavy atom. The molecule has 0 saturated heterocycles. The van der Waals surface area contributed by atoms with Crippen molar-refractivity contribution in [1.29, 1.82) is 0 Å². The number of guanidine groups is 1. The number of nitrogens with two attached hydrogens (primary N) is 1. The molecule has 0 radical (unpaired) electrons. The van der Waals surface area contributed by atoms with Crippen LogP contribution in [0, 0.1) is 12.3 Å². The highest BCUT2D eigenvalue weighted by molar-refractivity contribution is 7.89. The molecule has 0 aromatic heterocycles. The summed E-state index contributed by atoms with van der Waals surface area (Å²) in [6.07, 6.45) is 5.17. The highest BCUT2D eigenvalue weighted by atomic mass is 32.2. The SMILES string of the molecule is C#CCNC(=NCc1cccc(S(N)(=O)=O)c1)NCC. The Labute approximate surface area is 119 Å². The van der Waals surface area contributed by atoms with Gasteiger partial charge in [-0.15, -0.1) is 6.42 Å². The van der Waals surface area contributed by atoms with Crippen molar-refractivity contribution >= 4 is 16.0 Å². The van der Waals surface area contributed by atoms with Gasteiger partial charge in [0, 0.05) is 6.54 Å². The average Bonchev–Trinajstić information content (AvgIpc) is 2.41. The number of hydrogen-bond donors (Lipinski definition) is 3. The Kier molecular flexibility index (Phi) is 6.03. The molecule has 0 bridgehead atoms. The van der Waals surface area contributed by atoms with Gasteiger partial charge in [-0.2, -0.15) is 0 Å². The summed E-state index contributed by atoms with van der Waals surface area (Å²) in [5.74, 6) is 3.03. The van der Waals surface area contributed by atoms with Crippen molar-refractivity contribution in [1.82, 2.24) is 10.6 Å². The van der Waals surface area contributed by atoms with Crippen molar-refractivity contribution in [2.75, 3.05) is 13.1 Å². The predicted octanol–water partition coefficient (Wildman–Crippen LogP) is 0.0223. The lowest BCUT2D eigenvalue weighted by Gasteiger charge is -2.09. The molecule has 20 heavy (non-hydrogen) atoms. The van der Waals surface area contributed by atoms with Crippen molar-refractivity contribution in [2.45, 2.75) is 18.4 Å². The molecule has 0 saturated carbocycles. The maximum atomic E-state index is 11.3. The number of terminal acetylenes is 1. The molecule has 108 valence electrons. The minimum absolute atomic E-state index is 0.0757. The van der Waals surface area contributed by atoms with E-state index in [0.29, 0.717) is 25.6 Å². The maximum absolute atomic E-state index is 11.3. The summed E-state index contributed by atoms with van der Waals surface area (Å²) in [5, 5.41) is 11.1.